The van der Waals surface area contributed by atoms with E-state index >= 15 is 4.39 Å². The van der Waals surface area contributed by atoms with Gasteiger partial charge in [0.05, 0.1) is 53.3 Å². The number of hydrazine groups is 1. The van der Waals surface area contributed by atoms with Crippen LogP contribution in [0.25, 0.3) is 28.2 Å². The van der Waals surface area contributed by atoms with Crippen LogP contribution < -0.4 is 10.7 Å². The summed E-state index contributed by atoms with van der Waals surface area (Å²) < 4.78 is 93.0. The largest absolute Gasteiger partial charge is 0.464 e. The molecule has 0 spiro atoms. The van der Waals surface area contributed by atoms with Gasteiger partial charge in [0.15, 0.2) is 0 Å². The highest BCUT2D eigenvalue weighted by Crippen LogP contribution is 2.40. The molecule has 5 atom stereocenters. The third-order valence-electron chi connectivity index (χ3n) is 13.8. The van der Waals surface area contributed by atoms with Gasteiger partial charge >= 0.3 is 12.1 Å². The molecule has 3 aromatic rings. The number of rotatable bonds is 14. The first-order valence-electron chi connectivity index (χ1n) is 24.4. The number of nitrogens with zero attached hydrogens (tertiary/aromatic N) is 7. The second kappa shape index (κ2) is 23.3. The lowest BCUT2D eigenvalue weighted by molar-refractivity contribution is -0.155. The van der Waals surface area contributed by atoms with Gasteiger partial charge in [-0.25, -0.2) is 19.2 Å². The van der Waals surface area contributed by atoms with E-state index in [1.807, 2.05) is 34.7 Å². The Balaban J connectivity index is 1.29. The third kappa shape index (κ3) is 13.7. The Morgan fingerprint density at radius 3 is 2.49 bits per heavy atom. The fourth-order valence-electron chi connectivity index (χ4n) is 9.25. The fourth-order valence-corrected chi connectivity index (χ4v) is 10.2. The Morgan fingerprint density at radius 2 is 1.84 bits per heavy atom. The first-order chi connectivity index (χ1) is 34.4. The van der Waals surface area contributed by atoms with Crippen LogP contribution in [-0.2, 0) is 52.8 Å². The van der Waals surface area contributed by atoms with E-state index in [1.54, 1.807) is 18.5 Å². The van der Waals surface area contributed by atoms with Crippen molar-refractivity contribution in [3.63, 3.8) is 0 Å². The molecule has 2 aromatic heterocycles. The van der Waals surface area contributed by atoms with Crippen LogP contribution in [0.4, 0.5) is 22.0 Å². The molecule has 3 amide bonds. The number of hydrogen-bond acceptors (Lipinski definition) is 13. The number of ether oxygens (including phenoxy) is 3. The van der Waals surface area contributed by atoms with Crippen LogP contribution in [-0.4, -0.2) is 168 Å². The van der Waals surface area contributed by atoms with Gasteiger partial charge in [-0.3, -0.25) is 29.2 Å². The van der Waals surface area contributed by atoms with Crippen LogP contribution in [0, 0.1) is 23.1 Å². The number of hydrogen-bond donors (Lipinski definition) is 2. The number of aromatic nitrogens is 2. The molecule has 4 aliphatic rings. The van der Waals surface area contributed by atoms with Gasteiger partial charge in [0.1, 0.15) is 24.4 Å². The van der Waals surface area contributed by atoms with Gasteiger partial charge in [0.2, 0.25) is 5.91 Å². The number of cyclic esters (lactones) is 1. The van der Waals surface area contributed by atoms with Crippen LogP contribution in [0.15, 0.2) is 40.5 Å². The number of piperazine rings is 1. The van der Waals surface area contributed by atoms with Crippen molar-refractivity contribution in [3.05, 3.63) is 57.6 Å². The molecule has 400 valence electrons. The van der Waals surface area contributed by atoms with E-state index in [2.05, 4.69) is 27.1 Å². The second-order valence-corrected chi connectivity index (χ2v) is 21.7. The summed E-state index contributed by atoms with van der Waals surface area (Å²) in [7, 11) is 3.49. The third-order valence-corrected chi connectivity index (χ3v) is 14.8. The monoisotopic (exact) mass is 1070 g/mol. The van der Waals surface area contributed by atoms with E-state index in [0.29, 0.717) is 47.6 Å². The highest BCUT2D eigenvalue weighted by Gasteiger charge is 2.39. The molecule has 0 aliphatic carbocycles. The molecule has 3 saturated heterocycles. The average molecular weight is 1070 g/mol. The first kappa shape index (κ1) is 55.7. The maximum Gasteiger partial charge on any atom is 0.406 e. The van der Waals surface area contributed by atoms with Crippen molar-refractivity contribution in [1.82, 2.24) is 40.0 Å². The lowest BCUT2D eigenvalue weighted by Gasteiger charge is -2.39. The topological polar surface area (TPSA) is 163 Å². The normalized spacial score (nSPS) is 22.1. The summed E-state index contributed by atoms with van der Waals surface area (Å²) in [6.45, 7) is 14.9. The lowest BCUT2D eigenvalue weighted by atomic mass is 9.85. The van der Waals surface area contributed by atoms with E-state index in [1.165, 1.54) is 29.2 Å². The Kier molecular flexibility index (Phi) is 17.8. The van der Waals surface area contributed by atoms with Crippen molar-refractivity contribution in [2.75, 3.05) is 73.2 Å². The van der Waals surface area contributed by atoms with Gasteiger partial charge in [-0.2, -0.15) is 13.2 Å². The van der Waals surface area contributed by atoms with Crippen molar-refractivity contribution in [2.45, 2.75) is 103 Å². The number of esters is 1. The molecule has 6 bridgehead atoms. The van der Waals surface area contributed by atoms with E-state index in [-0.39, 0.29) is 79.8 Å². The van der Waals surface area contributed by atoms with Gasteiger partial charge < -0.3 is 38.8 Å². The number of alkyl halides is 5. The van der Waals surface area contributed by atoms with Gasteiger partial charge in [0.25, 0.3) is 17.4 Å². The predicted molar refractivity (Wildman–Crippen MR) is 268 cm³/mol. The summed E-state index contributed by atoms with van der Waals surface area (Å²) in [5.41, 5.74) is 1.43. The summed E-state index contributed by atoms with van der Waals surface area (Å²) in [6, 6.07) is 0.341. The molecule has 16 nitrogen and oxygen atoms in total. The van der Waals surface area contributed by atoms with Gasteiger partial charge in [-0.05, 0) is 62.9 Å². The van der Waals surface area contributed by atoms with E-state index in [4.69, 9.17) is 35.8 Å². The minimum absolute atomic E-state index is 0.0120. The zero-order chi connectivity index (χ0) is 53.1. The molecule has 7 rings (SSSR count). The summed E-state index contributed by atoms with van der Waals surface area (Å²) in [6.07, 6.45) is -2.17. The smallest absolute Gasteiger partial charge is 0.406 e. The number of carbonyl (C=O) groups is 4. The van der Waals surface area contributed by atoms with Crippen LogP contribution >= 0.6 is 22.9 Å². The number of methoxy groups -OCH3 is 1. The van der Waals surface area contributed by atoms with Crippen molar-refractivity contribution >= 4 is 69.8 Å². The predicted octanol–water partition coefficient (Wildman–Crippen LogP) is 6.36. The number of carbonyl (C=O) groups excluding carboxylic acids is 4. The first-order valence-corrected chi connectivity index (χ1v) is 25.7. The molecule has 3 fully saturated rings. The summed E-state index contributed by atoms with van der Waals surface area (Å²) in [5, 5.41) is 6.38. The maximum absolute atomic E-state index is 16.7. The zero-order valence-corrected chi connectivity index (χ0v) is 43.8. The van der Waals surface area contributed by atoms with E-state index < -0.39 is 83.5 Å². The maximum atomic E-state index is 16.7. The number of halogens is 6. The minimum atomic E-state index is -4.74. The van der Waals surface area contributed by atoms with Crippen molar-refractivity contribution < 1.29 is 55.3 Å². The number of likely N-dealkylation sites (tertiary alicyclic amines) is 1. The molecule has 0 unspecified atom stereocenters. The van der Waals surface area contributed by atoms with Crippen LogP contribution in [0.5, 0.6) is 0 Å². The number of aliphatic imine (C=N–C) groups is 1. The zero-order valence-electron chi connectivity index (χ0n) is 42.2. The highest BCUT2D eigenvalue weighted by molar-refractivity contribution is 7.10. The molecule has 73 heavy (non-hydrogen) atoms. The van der Waals surface area contributed by atoms with E-state index in [9.17, 15) is 36.7 Å². The molecule has 4 aliphatic heterocycles. The fraction of sp³-hybridized carbons (Fsp3) is 0.600. The molecule has 1 aromatic carbocycles. The van der Waals surface area contributed by atoms with E-state index in [0.717, 1.165) is 35.1 Å². The molecule has 0 radical (unpaired) electrons. The quantitative estimate of drug-likeness (QED) is 0.0801. The molecule has 23 heteroatoms. The van der Waals surface area contributed by atoms with Gasteiger partial charge in [-0.15, -0.1) is 11.3 Å². The Morgan fingerprint density at radius 1 is 1.12 bits per heavy atom. The van der Waals surface area contributed by atoms with Crippen molar-refractivity contribution in [3.8, 4) is 11.3 Å². The van der Waals surface area contributed by atoms with Gasteiger partial charge in [-0.1, -0.05) is 45.9 Å². The van der Waals surface area contributed by atoms with Crippen molar-refractivity contribution in [1.29, 1.82) is 0 Å². The summed E-state index contributed by atoms with van der Waals surface area (Å²) in [4.78, 5) is 69.4. The highest BCUT2D eigenvalue weighted by atomic mass is 35.5. The summed E-state index contributed by atoms with van der Waals surface area (Å²) >= 11 is 6.41. The number of nitrogens with one attached hydrogen (secondary N) is 2. The second-order valence-electron chi connectivity index (χ2n) is 20.4. The number of likely N-dealkylation sites (N-methyl/N-ethyl adjacent to an activating group) is 1. The lowest BCUT2D eigenvalue weighted by Crippen LogP contribution is -2.61. The molecular formula is C50H65ClF5N9O7S. The van der Waals surface area contributed by atoms with Gasteiger partial charge in [0, 0.05) is 98.7 Å². The number of fused-ring (bicyclic) bond motifs is 6. The van der Waals surface area contributed by atoms with Crippen LogP contribution in [0.1, 0.15) is 63.7 Å². The number of benzene rings is 1. The molecule has 6 heterocycles. The number of thiazole rings is 1. The Labute approximate surface area is 430 Å². The SMILES string of the molecule is C=C(/C=N\C(=C\c1c2c3cc(c(F)cc3n1CC(F)(F)F)-c1csc(n1)C[C@H](NC(=O)[C@@H](COC1CN(C(=O)[C@H](F)Cl)C1)C(C)C)C(=O)N1CCC[C@H](N1)C(=O)OCC(C)(C)C2)[C@H](C)OC)N1CCN(C)CC1. The van der Waals surface area contributed by atoms with Crippen LogP contribution in [0.2, 0.25) is 0 Å². The Bertz CT molecular complexity index is 2590. The standard InChI is InChI=1S/C50H65ClF5N9O7S/c1-28(2)35(24-71-31-22-63(23-31)47(68)44(51)53)45(66)59-39-19-43-58-40(25-73-43)33-16-32-34(20-49(5,6)27-72-48(69)37-10-9-11-65(60-37)46(39)67)42(64(26-50(54,55)56)41(32)17-36(33)52)18-38(30(4)70-8)57-21-29(3)62-14-12-61(7)13-15-62/h16-18,21,25,28,30-31,35,37,39,44,60H,3,9-15,19-20,22-24,26-27H2,1-2,4-8H3,(H,59,66)/b38-18+,57-21-/t30-,35-,37-,39-,44-/m0/s1. The minimum Gasteiger partial charge on any atom is -0.464 e. The average Bonchev–Trinajstić information content (AvgIpc) is 3.88. The number of amides is 3. The Hall–Kier alpha value is -5.00. The molecule has 2 N–H and O–H groups in total. The molecule has 0 saturated carbocycles. The van der Waals surface area contributed by atoms with Crippen molar-refractivity contribution in [2.24, 2.45) is 22.2 Å². The number of allylic oxidation sites excluding steroid dienone is 1. The molecular weight excluding hydrogens is 1000 g/mol. The van der Waals surface area contributed by atoms with Crippen LogP contribution in [0.3, 0.4) is 0 Å². The summed E-state index contributed by atoms with van der Waals surface area (Å²) in [5.74, 6) is -4.53.